The Labute approximate surface area is 105 Å². The van der Waals surface area contributed by atoms with E-state index in [2.05, 4.69) is 5.32 Å². The molecule has 0 radical (unpaired) electrons. The van der Waals surface area contributed by atoms with Crippen molar-refractivity contribution in [1.82, 2.24) is 0 Å². The van der Waals surface area contributed by atoms with Crippen LogP contribution in [0.15, 0.2) is 18.2 Å². The first-order valence-electron chi connectivity index (χ1n) is 5.91. The first-order chi connectivity index (χ1) is 8.70. The number of esters is 1. The van der Waals surface area contributed by atoms with E-state index in [1.165, 1.54) is 0 Å². The summed E-state index contributed by atoms with van der Waals surface area (Å²) in [5.41, 5.74) is 1.69. The third-order valence-electron chi connectivity index (χ3n) is 2.65. The van der Waals surface area contributed by atoms with Crippen LogP contribution in [0.2, 0.25) is 0 Å². The Morgan fingerprint density at radius 1 is 1.39 bits per heavy atom. The first-order valence-corrected chi connectivity index (χ1v) is 5.91. The summed E-state index contributed by atoms with van der Waals surface area (Å²) in [6.45, 7) is 1.91. The van der Waals surface area contributed by atoms with Crippen LogP contribution in [0.1, 0.15) is 18.9 Å². The van der Waals surface area contributed by atoms with E-state index in [1.807, 2.05) is 12.1 Å². The quantitative estimate of drug-likeness (QED) is 0.821. The van der Waals surface area contributed by atoms with Gasteiger partial charge in [0.25, 0.3) is 0 Å². The lowest BCUT2D eigenvalue weighted by atomic mass is 10.0. The van der Waals surface area contributed by atoms with Gasteiger partial charge in [0.2, 0.25) is 5.91 Å². The summed E-state index contributed by atoms with van der Waals surface area (Å²) in [5, 5.41) is 2.77. The number of rotatable bonds is 4. The maximum atomic E-state index is 11.4. The largest absolute Gasteiger partial charge is 0.480 e. The van der Waals surface area contributed by atoms with Gasteiger partial charge < -0.3 is 14.8 Å². The number of hydrogen-bond acceptors (Lipinski definition) is 4. The molecule has 1 aliphatic heterocycles. The highest BCUT2D eigenvalue weighted by molar-refractivity contribution is 5.95. The molecule has 0 aliphatic carbocycles. The predicted molar refractivity (Wildman–Crippen MR) is 65.5 cm³/mol. The van der Waals surface area contributed by atoms with E-state index in [1.54, 1.807) is 13.0 Å². The van der Waals surface area contributed by atoms with Crippen LogP contribution in [0, 0.1) is 0 Å². The van der Waals surface area contributed by atoms with Crippen molar-refractivity contribution in [3.8, 4) is 5.75 Å². The van der Waals surface area contributed by atoms with Gasteiger partial charge in [-0.1, -0.05) is 12.1 Å². The Hall–Kier alpha value is -2.04. The Kier molecular flexibility index (Phi) is 3.82. The van der Waals surface area contributed by atoms with E-state index in [0.29, 0.717) is 30.9 Å². The number of amides is 1. The zero-order chi connectivity index (χ0) is 13.0. The molecule has 1 heterocycles. The van der Waals surface area contributed by atoms with Gasteiger partial charge in [0.1, 0.15) is 5.75 Å². The lowest BCUT2D eigenvalue weighted by molar-refractivity contribution is -0.145. The van der Waals surface area contributed by atoms with Crippen LogP contribution in [0.25, 0.3) is 0 Å². The van der Waals surface area contributed by atoms with Crippen LogP contribution in [0.5, 0.6) is 5.75 Å². The minimum absolute atomic E-state index is 0.0327. The Bertz CT molecular complexity index is 470. The van der Waals surface area contributed by atoms with Crippen molar-refractivity contribution in [2.75, 3.05) is 18.5 Å². The summed E-state index contributed by atoms with van der Waals surface area (Å²) < 4.78 is 10.2. The monoisotopic (exact) mass is 249 g/mol. The topological polar surface area (TPSA) is 64.6 Å². The number of carbonyl (C=O) groups is 2. The molecular weight excluding hydrogens is 234 g/mol. The summed E-state index contributed by atoms with van der Waals surface area (Å²) >= 11 is 0. The minimum atomic E-state index is -0.419. The lowest BCUT2D eigenvalue weighted by Crippen LogP contribution is -2.21. The number of carbonyl (C=O) groups excluding carboxylic acids is 2. The molecule has 5 heteroatoms. The lowest BCUT2D eigenvalue weighted by Gasteiger charge is -2.19. The van der Waals surface area contributed by atoms with Crippen molar-refractivity contribution in [3.05, 3.63) is 23.8 Å². The molecule has 0 atom stereocenters. The van der Waals surface area contributed by atoms with Crippen molar-refractivity contribution >= 4 is 17.6 Å². The third kappa shape index (κ3) is 2.80. The zero-order valence-electron chi connectivity index (χ0n) is 10.2. The van der Waals surface area contributed by atoms with E-state index in [-0.39, 0.29) is 12.5 Å². The molecule has 0 spiro atoms. The van der Waals surface area contributed by atoms with Gasteiger partial charge in [-0.3, -0.25) is 4.79 Å². The van der Waals surface area contributed by atoms with Crippen molar-refractivity contribution in [2.24, 2.45) is 0 Å². The highest BCUT2D eigenvalue weighted by Crippen LogP contribution is 2.32. The highest BCUT2D eigenvalue weighted by Gasteiger charge is 2.18. The molecule has 1 aromatic carbocycles. The van der Waals surface area contributed by atoms with Gasteiger partial charge in [-0.25, -0.2) is 4.79 Å². The van der Waals surface area contributed by atoms with Crippen LogP contribution in [-0.4, -0.2) is 25.1 Å². The van der Waals surface area contributed by atoms with Crippen molar-refractivity contribution < 1.29 is 19.1 Å². The van der Waals surface area contributed by atoms with E-state index in [4.69, 9.17) is 9.47 Å². The van der Waals surface area contributed by atoms with Gasteiger partial charge in [0.15, 0.2) is 6.61 Å². The molecule has 1 aliphatic rings. The number of nitrogens with one attached hydrogen (secondary N) is 1. The maximum Gasteiger partial charge on any atom is 0.344 e. The fourth-order valence-corrected chi connectivity index (χ4v) is 1.84. The van der Waals surface area contributed by atoms with Gasteiger partial charge >= 0.3 is 5.97 Å². The molecule has 0 aromatic heterocycles. The van der Waals surface area contributed by atoms with Crippen molar-refractivity contribution in [3.63, 3.8) is 0 Å². The Morgan fingerprint density at radius 2 is 2.22 bits per heavy atom. The molecule has 5 nitrogen and oxygen atoms in total. The van der Waals surface area contributed by atoms with Crippen LogP contribution < -0.4 is 10.1 Å². The fourth-order valence-electron chi connectivity index (χ4n) is 1.84. The van der Waals surface area contributed by atoms with Gasteiger partial charge in [-0.15, -0.1) is 0 Å². The van der Waals surface area contributed by atoms with Crippen LogP contribution in [0.3, 0.4) is 0 Å². The molecule has 0 saturated carbocycles. The second-order valence-corrected chi connectivity index (χ2v) is 3.93. The predicted octanol–water partition coefficient (Wildman–Crippen LogP) is 1.51. The van der Waals surface area contributed by atoms with Gasteiger partial charge in [-0.05, 0) is 25.0 Å². The van der Waals surface area contributed by atoms with Gasteiger partial charge in [-0.2, -0.15) is 0 Å². The van der Waals surface area contributed by atoms with E-state index < -0.39 is 5.97 Å². The Morgan fingerprint density at radius 3 is 3.00 bits per heavy atom. The van der Waals surface area contributed by atoms with Crippen LogP contribution >= 0.6 is 0 Å². The number of para-hydroxylation sites is 1. The summed E-state index contributed by atoms with van der Waals surface area (Å²) in [4.78, 5) is 22.6. The standard InChI is InChI=1S/C13H15NO4/c1-2-17-12(16)8-18-10-5-3-4-9-6-7-11(15)14-13(9)10/h3-5H,2,6-8H2,1H3,(H,14,15). The molecule has 2 rings (SSSR count). The summed E-state index contributed by atoms with van der Waals surface area (Å²) in [7, 11) is 0. The van der Waals surface area contributed by atoms with Crippen molar-refractivity contribution in [1.29, 1.82) is 0 Å². The number of hydrogen-bond donors (Lipinski definition) is 1. The molecule has 1 N–H and O–H groups in total. The number of aryl methyl sites for hydroxylation is 1. The molecule has 0 bridgehead atoms. The maximum absolute atomic E-state index is 11.4. The smallest absolute Gasteiger partial charge is 0.344 e. The number of benzene rings is 1. The molecular formula is C13H15NO4. The SMILES string of the molecule is CCOC(=O)COc1cccc2c1NC(=O)CC2. The average Bonchev–Trinajstić information content (AvgIpc) is 2.36. The number of fused-ring (bicyclic) bond motifs is 1. The summed E-state index contributed by atoms with van der Waals surface area (Å²) in [6, 6.07) is 5.51. The highest BCUT2D eigenvalue weighted by atomic mass is 16.6. The molecule has 0 saturated heterocycles. The average molecular weight is 249 g/mol. The fraction of sp³-hybridized carbons (Fsp3) is 0.385. The van der Waals surface area contributed by atoms with Gasteiger partial charge in [0, 0.05) is 6.42 Å². The van der Waals surface area contributed by atoms with E-state index in [0.717, 1.165) is 5.56 Å². The summed E-state index contributed by atoms with van der Waals surface area (Å²) in [6.07, 6.45) is 1.17. The molecule has 1 amide bonds. The number of ether oxygens (including phenoxy) is 2. The molecule has 18 heavy (non-hydrogen) atoms. The molecule has 1 aromatic rings. The van der Waals surface area contributed by atoms with Crippen LogP contribution in [0.4, 0.5) is 5.69 Å². The molecule has 0 fully saturated rings. The van der Waals surface area contributed by atoms with Crippen LogP contribution in [-0.2, 0) is 20.7 Å². The summed E-state index contributed by atoms with van der Waals surface area (Å²) in [5.74, 6) is 0.0560. The second kappa shape index (κ2) is 5.53. The Balaban J connectivity index is 2.09. The number of anilines is 1. The molecule has 96 valence electrons. The molecule has 0 unspecified atom stereocenters. The normalized spacial score (nSPS) is 13.5. The van der Waals surface area contributed by atoms with Gasteiger partial charge in [0.05, 0.1) is 12.3 Å². The van der Waals surface area contributed by atoms with E-state index >= 15 is 0 Å². The van der Waals surface area contributed by atoms with Crippen molar-refractivity contribution in [2.45, 2.75) is 19.8 Å². The third-order valence-corrected chi connectivity index (χ3v) is 2.65. The van der Waals surface area contributed by atoms with E-state index in [9.17, 15) is 9.59 Å². The minimum Gasteiger partial charge on any atom is -0.480 e. The first kappa shape index (κ1) is 12.4. The second-order valence-electron chi connectivity index (χ2n) is 3.93. The zero-order valence-corrected chi connectivity index (χ0v) is 10.2.